The van der Waals surface area contributed by atoms with E-state index >= 15 is 0 Å². The average Bonchev–Trinajstić information content (AvgIpc) is 2.59. The minimum absolute atomic E-state index is 0.0169. The number of nitrogens with one attached hydrogen (secondary N) is 1. The molecule has 2 aromatic carbocycles. The Bertz CT molecular complexity index is 936. The molecule has 0 saturated carbocycles. The number of amides is 1. The summed E-state index contributed by atoms with van der Waals surface area (Å²) in [6, 6.07) is 9.13. The lowest BCUT2D eigenvalue weighted by molar-refractivity contribution is -0.385. The Balaban J connectivity index is 2.20. The molecule has 0 aromatic heterocycles. The van der Waals surface area contributed by atoms with Crippen molar-refractivity contribution in [3.63, 3.8) is 0 Å². The molecule has 0 atom stereocenters. The minimum atomic E-state index is -4.56. The van der Waals surface area contributed by atoms with Gasteiger partial charge in [0.15, 0.2) is 6.61 Å². The lowest BCUT2D eigenvalue weighted by Crippen LogP contribution is -2.19. The maximum absolute atomic E-state index is 12.2. The summed E-state index contributed by atoms with van der Waals surface area (Å²) < 4.78 is 41.2. The fourth-order valence-corrected chi connectivity index (χ4v) is 2.13. The maximum atomic E-state index is 12.2. The highest BCUT2D eigenvalue weighted by atomic mass is 19.4. The summed E-state index contributed by atoms with van der Waals surface area (Å²) in [6.45, 7) is -0.0287. The van der Waals surface area contributed by atoms with Crippen molar-refractivity contribution in [2.75, 3.05) is 11.9 Å². The Kier molecular flexibility index (Phi) is 5.65. The fourth-order valence-electron chi connectivity index (χ4n) is 2.13. The van der Waals surface area contributed by atoms with E-state index in [0.29, 0.717) is 5.56 Å². The first-order chi connectivity index (χ1) is 12.6. The molecular formula is C17H12F3N3O4. The Labute approximate surface area is 151 Å². The summed E-state index contributed by atoms with van der Waals surface area (Å²) in [5.74, 6) is -0.954. The summed E-state index contributed by atoms with van der Waals surface area (Å²) in [7, 11) is 0. The topological polar surface area (TPSA) is 105 Å². The first-order valence-corrected chi connectivity index (χ1v) is 7.41. The number of rotatable bonds is 5. The zero-order chi connectivity index (χ0) is 20.2. The summed E-state index contributed by atoms with van der Waals surface area (Å²) in [5.41, 5.74) is 0.0972. The highest BCUT2D eigenvalue weighted by Crippen LogP contribution is 2.26. The quantitative estimate of drug-likeness (QED) is 0.625. The molecular weight excluding hydrogens is 367 g/mol. The Morgan fingerprint density at radius 1 is 1.30 bits per heavy atom. The van der Waals surface area contributed by atoms with Gasteiger partial charge in [0.25, 0.3) is 11.6 Å². The largest absolute Gasteiger partial charge is 0.483 e. The van der Waals surface area contributed by atoms with Crippen LogP contribution >= 0.6 is 0 Å². The predicted octanol–water partition coefficient (Wildman–Crippen LogP) is 3.97. The highest BCUT2D eigenvalue weighted by molar-refractivity contribution is 6.04. The molecule has 2 rings (SSSR count). The van der Waals surface area contributed by atoms with Crippen LogP contribution in [0.1, 0.15) is 21.5 Å². The number of hydrogen-bond donors (Lipinski definition) is 1. The van der Waals surface area contributed by atoms with Gasteiger partial charge in [-0.15, -0.1) is 0 Å². The number of hydrogen-bond acceptors (Lipinski definition) is 5. The molecule has 0 aliphatic rings. The number of nitro benzene ring substituents is 1. The molecule has 2 aromatic rings. The van der Waals surface area contributed by atoms with Crippen LogP contribution < -0.4 is 10.1 Å². The van der Waals surface area contributed by atoms with E-state index < -0.39 is 23.6 Å². The van der Waals surface area contributed by atoms with Crippen molar-refractivity contribution >= 4 is 17.3 Å². The van der Waals surface area contributed by atoms with Crippen LogP contribution in [0.25, 0.3) is 0 Å². The van der Waals surface area contributed by atoms with Crippen LogP contribution in [0.15, 0.2) is 36.4 Å². The molecule has 140 valence electrons. The minimum Gasteiger partial charge on any atom is -0.483 e. The normalized spacial score (nSPS) is 10.8. The number of nitrogens with zero attached hydrogens (tertiary/aromatic N) is 2. The lowest BCUT2D eigenvalue weighted by Gasteiger charge is -2.12. The molecule has 10 heteroatoms. The number of carbonyl (C=O) groups is 1. The molecule has 0 bridgehead atoms. The number of nitro groups is 1. The van der Waals surface area contributed by atoms with E-state index in [-0.39, 0.29) is 28.3 Å². The third-order valence-electron chi connectivity index (χ3n) is 3.42. The van der Waals surface area contributed by atoms with Crippen LogP contribution in [0.2, 0.25) is 0 Å². The van der Waals surface area contributed by atoms with Crippen LogP contribution in [0.3, 0.4) is 0 Å². The SMILES string of the molecule is Cc1ccc(C(=O)Nc2ccc(OCC(F)(F)F)c(C#N)c2)cc1[N+](=O)[O-]. The second-order valence-electron chi connectivity index (χ2n) is 5.44. The fraction of sp³-hybridized carbons (Fsp3) is 0.176. The Morgan fingerprint density at radius 2 is 2.00 bits per heavy atom. The molecule has 0 spiro atoms. The third kappa shape index (κ3) is 5.18. The van der Waals surface area contributed by atoms with Gasteiger partial charge in [-0.1, -0.05) is 6.07 Å². The van der Waals surface area contributed by atoms with Gasteiger partial charge in [-0.25, -0.2) is 0 Å². The van der Waals surface area contributed by atoms with Crippen molar-refractivity contribution in [3.8, 4) is 11.8 Å². The van der Waals surface area contributed by atoms with E-state index in [1.807, 2.05) is 0 Å². The van der Waals surface area contributed by atoms with Crippen molar-refractivity contribution in [3.05, 3.63) is 63.2 Å². The second-order valence-corrected chi connectivity index (χ2v) is 5.44. The molecule has 7 nitrogen and oxygen atoms in total. The van der Waals surface area contributed by atoms with Gasteiger partial charge in [0.05, 0.1) is 10.5 Å². The average molecular weight is 379 g/mol. The van der Waals surface area contributed by atoms with Gasteiger partial charge in [-0.3, -0.25) is 14.9 Å². The molecule has 0 saturated heterocycles. The summed E-state index contributed by atoms with van der Waals surface area (Å²) >= 11 is 0. The van der Waals surface area contributed by atoms with Gasteiger partial charge in [-0.2, -0.15) is 18.4 Å². The van der Waals surface area contributed by atoms with Gasteiger partial charge in [0.2, 0.25) is 0 Å². The molecule has 0 aliphatic carbocycles. The van der Waals surface area contributed by atoms with Crippen molar-refractivity contribution in [1.82, 2.24) is 0 Å². The molecule has 1 amide bonds. The van der Waals surface area contributed by atoms with Crippen molar-refractivity contribution < 1.29 is 27.6 Å². The van der Waals surface area contributed by atoms with E-state index in [4.69, 9.17) is 5.26 Å². The van der Waals surface area contributed by atoms with Gasteiger partial charge in [0.1, 0.15) is 11.8 Å². The number of alkyl halides is 3. The van der Waals surface area contributed by atoms with Crippen LogP contribution in [-0.4, -0.2) is 23.6 Å². The first-order valence-electron chi connectivity index (χ1n) is 7.41. The van der Waals surface area contributed by atoms with E-state index in [0.717, 1.165) is 18.2 Å². The highest BCUT2D eigenvalue weighted by Gasteiger charge is 2.29. The summed E-state index contributed by atoms with van der Waals surface area (Å²) in [6.07, 6.45) is -4.56. The molecule has 27 heavy (non-hydrogen) atoms. The van der Waals surface area contributed by atoms with Gasteiger partial charge in [-0.05, 0) is 31.2 Å². The van der Waals surface area contributed by atoms with Crippen molar-refractivity contribution in [1.29, 1.82) is 5.26 Å². The van der Waals surface area contributed by atoms with E-state index in [2.05, 4.69) is 10.1 Å². The van der Waals surface area contributed by atoms with E-state index in [9.17, 15) is 28.1 Å². The van der Waals surface area contributed by atoms with Gasteiger partial charge < -0.3 is 10.1 Å². The van der Waals surface area contributed by atoms with E-state index in [1.165, 1.54) is 25.1 Å². The van der Waals surface area contributed by atoms with Crippen LogP contribution in [0.5, 0.6) is 5.75 Å². The maximum Gasteiger partial charge on any atom is 0.422 e. The van der Waals surface area contributed by atoms with Gasteiger partial charge in [0, 0.05) is 22.9 Å². The second kappa shape index (κ2) is 7.74. The summed E-state index contributed by atoms with van der Waals surface area (Å²) in [4.78, 5) is 22.6. The molecule has 0 heterocycles. The third-order valence-corrected chi connectivity index (χ3v) is 3.42. The summed E-state index contributed by atoms with van der Waals surface area (Å²) in [5, 5.41) is 22.4. The van der Waals surface area contributed by atoms with Gasteiger partial charge >= 0.3 is 6.18 Å². The van der Waals surface area contributed by atoms with Crippen LogP contribution in [-0.2, 0) is 0 Å². The molecule has 0 fully saturated rings. The number of halogens is 3. The Morgan fingerprint density at radius 3 is 2.59 bits per heavy atom. The van der Waals surface area contributed by atoms with Crippen LogP contribution in [0.4, 0.5) is 24.5 Å². The van der Waals surface area contributed by atoms with Crippen LogP contribution in [0, 0.1) is 28.4 Å². The lowest BCUT2D eigenvalue weighted by atomic mass is 10.1. The number of aryl methyl sites for hydroxylation is 1. The molecule has 0 radical (unpaired) electrons. The first kappa shape index (κ1) is 19.7. The Hall–Kier alpha value is -3.61. The number of anilines is 1. The zero-order valence-electron chi connectivity index (χ0n) is 13.8. The molecule has 1 N–H and O–H groups in total. The number of nitriles is 1. The van der Waals surface area contributed by atoms with E-state index in [1.54, 1.807) is 6.07 Å². The predicted molar refractivity (Wildman–Crippen MR) is 88.5 cm³/mol. The zero-order valence-corrected chi connectivity index (χ0v) is 13.8. The van der Waals surface area contributed by atoms with Crippen molar-refractivity contribution in [2.24, 2.45) is 0 Å². The van der Waals surface area contributed by atoms with Crippen molar-refractivity contribution in [2.45, 2.75) is 13.1 Å². The number of ether oxygens (including phenoxy) is 1. The smallest absolute Gasteiger partial charge is 0.422 e. The molecule has 0 unspecified atom stereocenters. The molecule has 0 aliphatic heterocycles. The monoisotopic (exact) mass is 379 g/mol. The standard InChI is InChI=1S/C17H12F3N3O4/c1-10-2-3-11(7-14(10)23(25)26)16(24)22-13-4-5-15(12(6-13)8-21)27-9-17(18,19)20/h2-7H,9H2,1H3,(H,22,24). The number of benzene rings is 2. The number of carbonyl (C=O) groups excluding carboxylic acids is 1.